The molecule has 1 aromatic carbocycles. The zero-order valence-electron chi connectivity index (χ0n) is 12.4. The van der Waals surface area contributed by atoms with Crippen LogP contribution in [0.15, 0.2) is 52.7 Å². The van der Waals surface area contributed by atoms with E-state index >= 15 is 0 Å². The molecule has 1 heterocycles. The Bertz CT molecular complexity index is 655. The van der Waals surface area contributed by atoms with Crippen LogP contribution in [-0.2, 0) is 9.53 Å². The average Bonchev–Trinajstić information content (AvgIpc) is 2.50. The van der Waals surface area contributed by atoms with Gasteiger partial charge in [-0.2, -0.15) is 0 Å². The highest BCUT2D eigenvalue weighted by Crippen LogP contribution is 2.34. The first kappa shape index (κ1) is 16.3. The Morgan fingerprint density at radius 3 is 2.77 bits per heavy atom. The van der Waals surface area contributed by atoms with Gasteiger partial charge in [-0.25, -0.2) is 9.59 Å². The predicted molar refractivity (Wildman–Crippen MR) is 87.0 cm³/mol. The van der Waals surface area contributed by atoms with Crippen molar-refractivity contribution in [3.8, 4) is 0 Å². The average molecular weight is 365 g/mol. The number of amides is 2. The van der Waals surface area contributed by atoms with Crippen LogP contribution in [0.4, 0.5) is 4.79 Å². The summed E-state index contributed by atoms with van der Waals surface area (Å²) in [4.78, 5) is 26.0. The minimum Gasteiger partial charge on any atom is -0.466 e. The van der Waals surface area contributed by atoms with Gasteiger partial charge >= 0.3 is 12.0 Å². The number of rotatable bonds is 4. The summed E-state index contributed by atoms with van der Waals surface area (Å²) < 4.78 is 5.71. The summed E-state index contributed by atoms with van der Waals surface area (Å²) in [5, 5.41) is 2.85. The van der Waals surface area contributed by atoms with E-state index < -0.39 is 12.0 Å². The molecule has 1 aliphatic heterocycles. The van der Waals surface area contributed by atoms with E-state index in [0.717, 1.165) is 10.0 Å². The van der Waals surface area contributed by atoms with Crippen LogP contribution in [0.3, 0.4) is 0 Å². The van der Waals surface area contributed by atoms with Crippen LogP contribution in [-0.4, -0.2) is 30.6 Å². The molecule has 22 heavy (non-hydrogen) atoms. The van der Waals surface area contributed by atoms with E-state index in [0.29, 0.717) is 17.8 Å². The van der Waals surface area contributed by atoms with Crippen molar-refractivity contribution in [3.05, 3.63) is 58.2 Å². The third kappa shape index (κ3) is 2.92. The number of carbonyl (C=O) groups is 2. The molecule has 2 rings (SSSR count). The second-order valence-electron chi connectivity index (χ2n) is 4.79. The molecule has 0 saturated heterocycles. The number of benzene rings is 1. The quantitative estimate of drug-likeness (QED) is 0.659. The number of halogens is 1. The van der Waals surface area contributed by atoms with E-state index in [2.05, 4.69) is 27.8 Å². The molecular weight excluding hydrogens is 348 g/mol. The summed E-state index contributed by atoms with van der Waals surface area (Å²) in [6, 6.07) is 6.61. The first-order valence-electron chi connectivity index (χ1n) is 6.73. The molecule has 0 aromatic heterocycles. The molecule has 5 nitrogen and oxygen atoms in total. The van der Waals surface area contributed by atoms with Crippen LogP contribution < -0.4 is 5.32 Å². The number of nitrogens with one attached hydrogen (secondary N) is 1. The maximum Gasteiger partial charge on any atom is 0.337 e. The molecule has 0 saturated carbocycles. The van der Waals surface area contributed by atoms with Crippen molar-refractivity contribution in [1.29, 1.82) is 0 Å². The molecule has 1 atom stereocenters. The highest BCUT2D eigenvalue weighted by Gasteiger charge is 2.36. The summed E-state index contributed by atoms with van der Waals surface area (Å²) in [5.74, 6) is -0.465. The Balaban J connectivity index is 2.58. The maximum absolute atomic E-state index is 12.3. The van der Waals surface area contributed by atoms with Crippen molar-refractivity contribution in [2.24, 2.45) is 0 Å². The molecule has 1 aliphatic rings. The standard InChI is InChI=1S/C16H17BrN2O3/c1-4-9-19-10(2)13(15(20)22-3)14(18-16(19)21)11-7-5-6-8-12(11)17/h4-8,14H,1,9H2,2-3H3,(H,18,21)/t14-/m1/s1. The summed E-state index contributed by atoms with van der Waals surface area (Å²) >= 11 is 3.46. The highest BCUT2D eigenvalue weighted by molar-refractivity contribution is 9.10. The van der Waals surface area contributed by atoms with Crippen molar-refractivity contribution < 1.29 is 14.3 Å². The topological polar surface area (TPSA) is 58.6 Å². The van der Waals surface area contributed by atoms with Gasteiger partial charge in [-0.1, -0.05) is 40.2 Å². The molecule has 1 N–H and O–H groups in total. The first-order valence-corrected chi connectivity index (χ1v) is 7.53. The summed E-state index contributed by atoms with van der Waals surface area (Å²) in [6.45, 7) is 5.69. The van der Waals surface area contributed by atoms with Crippen molar-refractivity contribution >= 4 is 27.9 Å². The third-order valence-corrected chi connectivity index (χ3v) is 4.25. The number of esters is 1. The van der Waals surface area contributed by atoms with Crippen LogP contribution in [0.2, 0.25) is 0 Å². The Hall–Kier alpha value is -2.08. The van der Waals surface area contributed by atoms with Crippen LogP contribution in [0.1, 0.15) is 18.5 Å². The van der Waals surface area contributed by atoms with Crippen LogP contribution in [0.25, 0.3) is 0 Å². The molecule has 2 amide bonds. The Labute approximate surface area is 137 Å². The largest absolute Gasteiger partial charge is 0.466 e. The molecular formula is C16H17BrN2O3. The number of ether oxygens (including phenoxy) is 1. The SMILES string of the molecule is C=CCN1C(=O)N[C@H](c2ccccc2Br)C(C(=O)OC)=C1C. The van der Waals surface area contributed by atoms with Crippen LogP contribution in [0.5, 0.6) is 0 Å². The van der Waals surface area contributed by atoms with E-state index in [1.807, 2.05) is 24.3 Å². The lowest BCUT2D eigenvalue weighted by atomic mass is 9.95. The van der Waals surface area contributed by atoms with Gasteiger partial charge in [-0.3, -0.25) is 4.90 Å². The van der Waals surface area contributed by atoms with Gasteiger partial charge in [0.1, 0.15) is 0 Å². The first-order chi connectivity index (χ1) is 10.5. The van der Waals surface area contributed by atoms with E-state index in [1.165, 1.54) is 12.0 Å². The Morgan fingerprint density at radius 2 is 2.18 bits per heavy atom. The van der Waals surface area contributed by atoms with Gasteiger partial charge in [0.2, 0.25) is 0 Å². The number of allylic oxidation sites excluding steroid dienone is 1. The summed E-state index contributed by atoms with van der Waals surface area (Å²) in [7, 11) is 1.33. The van der Waals surface area contributed by atoms with Gasteiger partial charge in [0, 0.05) is 16.7 Å². The second kappa shape index (κ2) is 6.79. The number of hydrogen-bond acceptors (Lipinski definition) is 3. The number of hydrogen-bond donors (Lipinski definition) is 1. The number of urea groups is 1. The van der Waals surface area contributed by atoms with Gasteiger partial charge < -0.3 is 10.1 Å². The molecule has 0 unspecified atom stereocenters. The summed E-state index contributed by atoms with van der Waals surface area (Å²) in [6.07, 6.45) is 1.61. The normalized spacial score (nSPS) is 18.0. The van der Waals surface area contributed by atoms with E-state index in [-0.39, 0.29) is 6.03 Å². The van der Waals surface area contributed by atoms with Gasteiger partial charge in [-0.05, 0) is 18.6 Å². The van der Waals surface area contributed by atoms with E-state index in [1.54, 1.807) is 13.0 Å². The van der Waals surface area contributed by atoms with Gasteiger partial charge in [-0.15, -0.1) is 6.58 Å². The molecule has 1 aromatic rings. The zero-order valence-corrected chi connectivity index (χ0v) is 14.0. The fourth-order valence-electron chi connectivity index (χ4n) is 2.45. The smallest absolute Gasteiger partial charge is 0.337 e. The second-order valence-corrected chi connectivity index (χ2v) is 5.65. The fourth-order valence-corrected chi connectivity index (χ4v) is 2.96. The highest BCUT2D eigenvalue weighted by atomic mass is 79.9. The summed E-state index contributed by atoms with van der Waals surface area (Å²) in [5.41, 5.74) is 1.78. The minimum absolute atomic E-state index is 0.272. The lowest BCUT2D eigenvalue weighted by molar-refractivity contribution is -0.136. The molecule has 116 valence electrons. The van der Waals surface area contributed by atoms with Gasteiger partial charge in [0.25, 0.3) is 0 Å². The van der Waals surface area contributed by atoms with Crippen molar-refractivity contribution in [3.63, 3.8) is 0 Å². The lowest BCUT2D eigenvalue weighted by Gasteiger charge is -2.35. The molecule has 6 heteroatoms. The van der Waals surface area contributed by atoms with Crippen molar-refractivity contribution in [1.82, 2.24) is 10.2 Å². The van der Waals surface area contributed by atoms with Gasteiger partial charge in [0.15, 0.2) is 0 Å². The molecule has 0 aliphatic carbocycles. The molecule has 0 radical (unpaired) electrons. The molecule has 0 spiro atoms. The number of nitrogens with zero attached hydrogens (tertiary/aromatic N) is 1. The van der Waals surface area contributed by atoms with E-state index in [9.17, 15) is 9.59 Å². The van der Waals surface area contributed by atoms with E-state index in [4.69, 9.17) is 4.74 Å². The number of carbonyl (C=O) groups excluding carboxylic acids is 2. The number of methoxy groups -OCH3 is 1. The lowest BCUT2D eigenvalue weighted by Crippen LogP contribution is -2.48. The third-order valence-electron chi connectivity index (χ3n) is 3.53. The van der Waals surface area contributed by atoms with Crippen molar-refractivity contribution in [2.75, 3.05) is 13.7 Å². The van der Waals surface area contributed by atoms with Gasteiger partial charge in [0.05, 0.1) is 18.7 Å². The Morgan fingerprint density at radius 1 is 1.50 bits per heavy atom. The maximum atomic E-state index is 12.3. The molecule has 0 fully saturated rings. The Kier molecular flexibility index (Phi) is 5.03. The zero-order chi connectivity index (χ0) is 16.3. The minimum atomic E-state index is -0.559. The fraction of sp³-hybridized carbons (Fsp3) is 0.250. The van der Waals surface area contributed by atoms with Crippen LogP contribution in [0, 0.1) is 0 Å². The monoisotopic (exact) mass is 364 g/mol. The molecule has 0 bridgehead atoms. The van der Waals surface area contributed by atoms with Crippen molar-refractivity contribution in [2.45, 2.75) is 13.0 Å². The predicted octanol–water partition coefficient (Wildman–Crippen LogP) is 3.15. The van der Waals surface area contributed by atoms with Crippen LogP contribution >= 0.6 is 15.9 Å².